The number of nitrogens with zero attached hydrogens (tertiary/aromatic N) is 1. The van der Waals surface area contributed by atoms with Crippen molar-refractivity contribution in [3.05, 3.63) is 59.2 Å². The Hall–Kier alpha value is -2.75. The van der Waals surface area contributed by atoms with Gasteiger partial charge < -0.3 is 15.1 Å². The van der Waals surface area contributed by atoms with Crippen LogP contribution in [0.4, 0.5) is 5.69 Å². The van der Waals surface area contributed by atoms with Crippen molar-refractivity contribution in [1.29, 1.82) is 0 Å². The lowest BCUT2D eigenvalue weighted by Crippen LogP contribution is -2.30. The van der Waals surface area contributed by atoms with Gasteiger partial charge in [0.2, 0.25) is 0 Å². The molecule has 21 heavy (non-hydrogen) atoms. The van der Waals surface area contributed by atoms with Gasteiger partial charge in [0.15, 0.2) is 17.3 Å². The Morgan fingerprint density at radius 3 is 2.62 bits per heavy atom. The van der Waals surface area contributed by atoms with E-state index in [1.165, 1.54) is 12.1 Å². The van der Waals surface area contributed by atoms with E-state index in [0.29, 0.717) is 23.2 Å². The number of phenols is 2. The normalized spacial score (nSPS) is 16.1. The van der Waals surface area contributed by atoms with Crippen molar-refractivity contribution in [3.8, 4) is 11.5 Å². The summed E-state index contributed by atoms with van der Waals surface area (Å²) >= 11 is 0. The van der Waals surface area contributed by atoms with Crippen molar-refractivity contribution in [2.24, 2.45) is 0 Å². The molecule has 0 unspecified atom stereocenters. The first-order chi connectivity index (χ1) is 10.1. The number of anilines is 1. The number of fused-ring (bicyclic) bond motifs is 1. The zero-order valence-corrected chi connectivity index (χ0v) is 11.6. The molecule has 0 radical (unpaired) electrons. The first-order valence-corrected chi connectivity index (χ1v) is 6.63. The van der Waals surface area contributed by atoms with Crippen molar-refractivity contribution < 1.29 is 15.0 Å². The molecule has 0 bridgehead atoms. The molecule has 0 aliphatic carbocycles. The number of phenolic OH excluding ortho intramolecular Hbond substituents is 2. The predicted octanol–water partition coefficient (Wildman–Crippen LogP) is 2.81. The minimum atomic E-state index is -0.193. The maximum atomic E-state index is 12.5. The molecule has 0 saturated carbocycles. The van der Waals surface area contributed by atoms with Crippen LogP contribution >= 0.6 is 0 Å². The van der Waals surface area contributed by atoms with Gasteiger partial charge >= 0.3 is 0 Å². The summed E-state index contributed by atoms with van der Waals surface area (Å²) in [6.45, 7) is 0.511. The van der Waals surface area contributed by atoms with Gasteiger partial charge in [-0.25, -0.2) is 0 Å². The second-order valence-corrected chi connectivity index (χ2v) is 5.12. The molecule has 1 aliphatic heterocycles. The minimum Gasteiger partial charge on any atom is -0.504 e. The van der Waals surface area contributed by atoms with Crippen molar-refractivity contribution >= 4 is 17.5 Å². The van der Waals surface area contributed by atoms with E-state index in [4.69, 9.17) is 0 Å². The smallest absolute Gasteiger partial charge is 0.192 e. The molecular formula is C17H15NO3. The molecule has 1 heterocycles. The van der Waals surface area contributed by atoms with Gasteiger partial charge in [0.25, 0.3) is 0 Å². The zero-order valence-electron chi connectivity index (χ0n) is 11.6. The summed E-state index contributed by atoms with van der Waals surface area (Å²) in [6, 6.07) is 12.0. The van der Waals surface area contributed by atoms with Crippen LogP contribution in [0.3, 0.4) is 0 Å². The number of carbonyl (C=O) groups excluding carboxylic acids is 1. The van der Waals surface area contributed by atoms with Crippen LogP contribution in [0, 0.1) is 0 Å². The number of aromatic hydroxyl groups is 2. The van der Waals surface area contributed by atoms with Gasteiger partial charge in [-0.15, -0.1) is 0 Å². The van der Waals surface area contributed by atoms with Crippen LogP contribution in [0.5, 0.6) is 11.5 Å². The largest absolute Gasteiger partial charge is 0.504 e. The third-order valence-corrected chi connectivity index (χ3v) is 3.60. The summed E-state index contributed by atoms with van der Waals surface area (Å²) in [6.07, 6.45) is 1.74. The molecular weight excluding hydrogens is 266 g/mol. The molecule has 0 atom stereocenters. The number of rotatable bonds is 1. The van der Waals surface area contributed by atoms with Gasteiger partial charge in [-0.2, -0.15) is 0 Å². The molecule has 3 rings (SSSR count). The Balaban J connectivity index is 2.02. The molecule has 4 nitrogen and oxygen atoms in total. The van der Waals surface area contributed by atoms with Crippen molar-refractivity contribution in [1.82, 2.24) is 0 Å². The lowest BCUT2D eigenvalue weighted by molar-refractivity contribution is 0.103. The third-order valence-electron chi connectivity index (χ3n) is 3.60. The molecule has 2 N–H and O–H groups in total. The molecule has 0 amide bonds. The quantitative estimate of drug-likeness (QED) is 0.623. The van der Waals surface area contributed by atoms with Gasteiger partial charge in [0, 0.05) is 30.4 Å². The van der Waals surface area contributed by atoms with Crippen LogP contribution in [-0.2, 0) is 0 Å². The summed E-state index contributed by atoms with van der Waals surface area (Å²) in [5, 5.41) is 18.9. The number of likely N-dealkylation sites (N-methyl/N-ethyl adjacent to an activating group) is 1. The fourth-order valence-electron chi connectivity index (χ4n) is 2.53. The van der Waals surface area contributed by atoms with E-state index in [-0.39, 0.29) is 17.3 Å². The third kappa shape index (κ3) is 2.36. The number of para-hydroxylation sites is 1. The topological polar surface area (TPSA) is 60.8 Å². The first kappa shape index (κ1) is 13.2. The fraction of sp³-hybridized carbons (Fsp3) is 0.118. The molecule has 2 aromatic rings. The number of hydrogen-bond acceptors (Lipinski definition) is 4. The van der Waals surface area contributed by atoms with E-state index >= 15 is 0 Å². The molecule has 0 fully saturated rings. The standard InChI is InChI=1S/C17H15NO3/c1-18-10-12(8-11-6-7-15(19)16(20)9-11)17(21)13-4-2-3-5-14(13)18/h2-9,19-20H,10H2,1H3/b12-8+. The van der Waals surface area contributed by atoms with Gasteiger partial charge in [-0.3, -0.25) is 4.79 Å². The van der Waals surface area contributed by atoms with Crippen molar-refractivity contribution in [2.75, 3.05) is 18.5 Å². The van der Waals surface area contributed by atoms with Crippen molar-refractivity contribution in [2.45, 2.75) is 0 Å². The summed E-state index contributed by atoms with van der Waals surface area (Å²) in [4.78, 5) is 14.5. The maximum absolute atomic E-state index is 12.5. The average molecular weight is 281 g/mol. The molecule has 106 valence electrons. The number of hydrogen-bond donors (Lipinski definition) is 2. The van der Waals surface area contributed by atoms with Gasteiger partial charge in [0.1, 0.15) is 0 Å². The zero-order chi connectivity index (χ0) is 15.0. The van der Waals surface area contributed by atoms with E-state index in [1.54, 1.807) is 12.1 Å². The highest BCUT2D eigenvalue weighted by molar-refractivity contribution is 6.16. The highest BCUT2D eigenvalue weighted by Gasteiger charge is 2.24. The van der Waals surface area contributed by atoms with Gasteiger partial charge in [-0.05, 0) is 35.9 Å². The SMILES string of the molecule is CN1C/C(=C\c2ccc(O)c(O)c2)C(=O)c2ccccc21. The van der Waals surface area contributed by atoms with Crippen LogP contribution in [0.15, 0.2) is 48.0 Å². The Kier molecular flexibility index (Phi) is 3.14. The lowest BCUT2D eigenvalue weighted by Gasteiger charge is -2.28. The number of carbonyl (C=O) groups is 1. The lowest BCUT2D eigenvalue weighted by atomic mass is 9.95. The minimum absolute atomic E-state index is 0.00346. The fourth-order valence-corrected chi connectivity index (χ4v) is 2.53. The number of ketones is 1. The number of benzene rings is 2. The van der Waals surface area contributed by atoms with E-state index in [9.17, 15) is 15.0 Å². The van der Waals surface area contributed by atoms with Gasteiger partial charge in [-0.1, -0.05) is 18.2 Å². The van der Waals surface area contributed by atoms with Crippen LogP contribution < -0.4 is 4.90 Å². The summed E-state index contributed by atoms with van der Waals surface area (Å²) in [5.74, 6) is -0.368. The Labute approximate surface area is 122 Å². The first-order valence-electron chi connectivity index (χ1n) is 6.63. The highest BCUT2D eigenvalue weighted by Crippen LogP contribution is 2.30. The van der Waals surface area contributed by atoms with Crippen LogP contribution in [0.1, 0.15) is 15.9 Å². The monoisotopic (exact) mass is 281 g/mol. The molecule has 1 aliphatic rings. The van der Waals surface area contributed by atoms with Crippen LogP contribution in [0.2, 0.25) is 0 Å². The van der Waals surface area contributed by atoms with E-state index in [1.807, 2.05) is 36.2 Å². The Morgan fingerprint density at radius 2 is 1.86 bits per heavy atom. The molecule has 2 aromatic carbocycles. The van der Waals surface area contributed by atoms with Gasteiger partial charge in [0.05, 0.1) is 0 Å². The molecule has 0 spiro atoms. The number of Topliss-reactive ketones (excluding diaryl/α,β-unsaturated/α-hetero) is 1. The average Bonchev–Trinajstić information content (AvgIpc) is 2.48. The maximum Gasteiger partial charge on any atom is 0.192 e. The van der Waals surface area contributed by atoms with Crippen LogP contribution in [-0.4, -0.2) is 29.6 Å². The molecule has 4 heteroatoms. The van der Waals surface area contributed by atoms with Crippen LogP contribution in [0.25, 0.3) is 6.08 Å². The second kappa shape index (κ2) is 4.98. The summed E-state index contributed by atoms with van der Waals surface area (Å²) < 4.78 is 0. The van der Waals surface area contributed by atoms with E-state index in [2.05, 4.69) is 0 Å². The van der Waals surface area contributed by atoms with E-state index in [0.717, 1.165) is 5.69 Å². The van der Waals surface area contributed by atoms with E-state index < -0.39 is 0 Å². The molecule has 0 aromatic heterocycles. The van der Waals surface area contributed by atoms with Crippen molar-refractivity contribution in [3.63, 3.8) is 0 Å². The summed E-state index contributed by atoms with van der Waals surface area (Å²) in [7, 11) is 1.94. The second-order valence-electron chi connectivity index (χ2n) is 5.12. The Bertz CT molecular complexity index is 749. The Morgan fingerprint density at radius 1 is 1.10 bits per heavy atom. The summed E-state index contributed by atoms with van der Waals surface area (Å²) in [5.41, 5.74) is 2.94. The molecule has 0 saturated heterocycles. The predicted molar refractivity (Wildman–Crippen MR) is 81.8 cm³/mol. The highest BCUT2D eigenvalue weighted by atomic mass is 16.3.